The molecule has 1 aromatic heterocycles. The number of rotatable bonds is 9. The zero-order chi connectivity index (χ0) is 23.9. The van der Waals surface area contributed by atoms with Crippen LogP contribution < -0.4 is 4.74 Å². The monoisotopic (exact) mass is 473 g/mol. The standard InChI is InChI=1S/C29H31NO3S/c1-3-23-17-24(33-19-21-7-5-4-6-8-21)10-11-25(23)29-26(31)15-22(16-27(29)32)13-14-34-28-12-9-20(2)18-30-28/h4-12,17-18,22,31H,3,13-16,19H2,1-2H3. The van der Waals surface area contributed by atoms with Gasteiger partial charge in [-0.3, -0.25) is 4.79 Å². The van der Waals surface area contributed by atoms with E-state index in [9.17, 15) is 9.90 Å². The van der Waals surface area contributed by atoms with Crippen molar-refractivity contribution in [3.8, 4) is 5.75 Å². The molecule has 0 spiro atoms. The molecule has 1 aliphatic carbocycles. The number of aliphatic hydroxyl groups excluding tert-OH is 1. The van der Waals surface area contributed by atoms with Crippen molar-refractivity contribution in [2.45, 2.75) is 51.2 Å². The fraction of sp³-hybridized carbons (Fsp3) is 0.310. The second-order valence-corrected chi connectivity index (χ2v) is 9.89. The number of ether oxygens (including phenoxy) is 1. The highest BCUT2D eigenvalue weighted by atomic mass is 32.2. The molecule has 0 bridgehead atoms. The second-order valence-electron chi connectivity index (χ2n) is 8.78. The van der Waals surface area contributed by atoms with E-state index in [2.05, 4.69) is 18.0 Å². The van der Waals surface area contributed by atoms with Crippen molar-refractivity contribution in [3.05, 3.63) is 94.9 Å². The third-order valence-corrected chi connectivity index (χ3v) is 7.14. The van der Waals surface area contributed by atoms with Crippen molar-refractivity contribution < 1.29 is 14.6 Å². The number of carbonyl (C=O) groups is 1. The number of pyridine rings is 1. The second kappa shape index (κ2) is 11.4. The van der Waals surface area contributed by atoms with Crippen molar-refractivity contribution in [1.82, 2.24) is 4.98 Å². The van der Waals surface area contributed by atoms with Crippen LogP contribution in [0.3, 0.4) is 0 Å². The molecule has 0 amide bonds. The number of ketones is 1. The average molecular weight is 474 g/mol. The zero-order valence-electron chi connectivity index (χ0n) is 19.8. The molecular weight excluding hydrogens is 442 g/mol. The van der Waals surface area contributed by atoms with Gasteiger partial charge < -0.3 is 9.84 Å². The molecule has 0 radical (unpaired) electrons. The first-order chi connectivity index (χ1) is 16.5. The van der Waals surface area contributed by atoms with Crippen LogP contribution in [-0.4, -0.2) is 21.6 Å². The summed E-state index contributed by atoms with van der Waals surface area (Å²) in [6.07, 6.45) is 4.51. The Bertz CT molecular complexity index is 1160. The third kappa shape index (κ3) is 6.09. The number of allylic oxidation sites excluding steroid dienone is 2. The number of benzene rings is 2. The van der Waals surface area contributed by atoms with Gasteiger partial charge in [0.1, 0.15) is 18.1 Å². The molecule has 1 aliphatic rings. The van der Waals surface area contributed by atoms with Crippen LogP contribution in [0.2, 0.25) is 0 Å². The largest absolute Gasteiger partial charge is 0.512 e. The molecule has 1 heterocycles. The van der Waals surface area contributed by atoms with Gasteiger partial charge in [-0.2, -0.15) is 0 Å². The lowest BCUT2D eigenvalue weighted by Crippen LogP contribution is -2.20. The van der Waals surface area contributed by atoms with E-state index < -0.39 is 0 Å². The van der Waals surface area contributed by atoms with Crippen LogP contribution in [-0.2, 0) is 17.8 Å². The van der Waals surface area contributed by atoms with Crippen molar-refractivity contribution in [1.29, 1.82) is 0 Å². The van der Waals surface area contributed by atoms with Crippen LogP contribution in [0.5, 0.6) is 5.75 Å². The lowest BCUT2D eigenvalue weighted by atomic mass is 9.81. The van der Waals surface area contributed by atoms with Crippen LogP contribution in [0, 0.1) is 12.8 Å². The third-order valence-electron chi connectivity index (χ3n) is 6.16. The molecule has 3 aromatic rings. The van der Waals surface area contributed by atoms with Crippen molar-refractivity contribution in [2.75, 3.05) is 5.75 Å². The normalized spacial score (nSPS) is 16.1. The molecule has 34 heavy (non-hydrogen) atoms. The van der Waals surface area contributed by atoms with E-state index in [1.54, 1.807) is 11.8 Å². The van der Waals surface area contributed by atoms with Gasteiger partial charge in [0.15, 0.2) is 5.78 Å². The van der Waals surface area contributed by atoms with Crippen molar-refractivity contribution >= 4 is 23.1 Å². The molecule has 4 rings (SSSR count). The van der Waals surface area contributed by atoms with Crippen LogP contribution in [0.4, 0.5) is 0 Å². The van der Waals surface area contributed by atoms with Crippen molar-refractivity contribution in [3.63, 3.8) is 0 Å². The summed E-state index contributed by atoms with van der Waals surface area (Å²) >= 11 is 1.70. The molecule has 1 N–H and O–H groups in total. The number of hydrogen-bond acceptors (Lipinski definition) is 5. The molecule has 4 nitrogen and oxygen atoms in total. The Morgan fingerprint density at radius 2 is 1.91 bits per heavy atom. The average Bonchev–Trinajstić information content (AvgIpc) is 2.84. The summed E-state index contributed by atoms with van der Waals surface area (Å²) in [6, 6.07) is 19.9. The van der Waals surface area contributed by atoms with Gasteiger partial charge in [0, 0.05) is 19.0 Å². The number of Topliss-reactive ketones (excluding diaryl/α,β-unsaturated/α-hetero) is 1. The Kier molecular flexibility index (Phi) is 8.07. The van der Waals surface area contributed by atoms with Gasteiger partial charge in [0.25, 0.3) is 0 Å². The lowest BCUT2D eigenvalue weighted by Gasteiger charge is -2.24. The molecule has 0 fully saturated rings. The van der Waals surface area contributed by atoms with E-state index in [1.807, 2.05) is 67.7 Å². The first-order valence-electron chi connectivity index (χ1n) is 11.8. The Morgan fingerprint density at radius 1 is 1.09 bits per heavy atom. The predicted molar refractivity (Wildman–Crippen MR) is 138 cm³/mol. The minimum atomic E-state index is 0.0277. The van der Waals surface area contributed by atoms with E-state index in [4.69, 9.17) is 4.74 Å². The highest BCUT2D eigenvalue weighted by Gasteiger charge is 2.29. The lowest BCUT2D eigenvalue weighted by molar-refractivity contribution is -0.115. The van der Waals surface area contributed by atoms with Gasteiger partial charge in [0.2, 0.25) is 0 Å². The first kappa shape index (κ1) is 24.1. The number of aryl methyl sites for hydroxylation is 2. The Hall–Kier alpha value is -3.05. The van der Waals surface area contributed by atoms with E-state index in [1.165, 1.54) is 0 Å². The summed E-state index contributed by atoms with van der Waals surface area (Å²) in [5.74, 6) is 2.05. The smallest absolute Gasteiger partial charge is 0.167 e. The van der Waals surface area contributed by atoms with Crippen LogP contribution in [0.25, 0.3) is 5.57 Å². The highest BCUT2D eigenvalue weighted by Crippen LogP contribution is 2.36. The van der Waals surface area contributed by atoms with Gasteiger partial charge in [-0.1, -0.05) is 49.4 Å². The molecule has 176 valence electrons. The molecule has 1 unspecified atom stereocenters. The van der Waals surface area contributed by atoms with E-state index >= 15 is 0 Å². The summed E-state index contributed by atoms with van der Waals surface area (Å²) in [4.78, 5) is 17.5. The van der Waals surface area contributed by atoms with Crippen LogP contribution in [0.15, 0.2) is 77.6 Å². The topological polar surface area (TPSA) is 59.4 Å². The number of hydrogen-bond donors (Lipinski definition) is 1. The molecule has 0 aliphatic heterocycles. The minimum absolute atomic E-state index is 0.0277. The molecule has 1 atom stereocenters. The molecule has 0 saturated heterocycles. The van der Waals surface area contributed by atoms with Gasteiger partial charge in [-0.05, 0) is 71.9 Å². The van der Waals surface area contributed by atoms with Gasteiger partial charge >= 0.3 is 0 Å². The van der Waals surface area contributed by atoms with E-state index in [0.717, 1.165) is 51.6 Å². The molecular formula is C29H31NO3S. The maximum Gasteiger partial charge on any atom is 0.167 e. The fourth-order valence-corrected chi connectivity index (χ4v) is 5.24. The summed E-state index contributed by atoms with van der Waals surface area (Å²) < 4.78 is 5.96. The Morgan fingerprint density at radius 3 is 2.62 bits per heavy atom. The first-order valence-corrected chi connectivity index (χ1v) is 12.8. The number of aliphatic hydroxyl groups is 1. The van der Waals surface area contributed by atoms with E-state index in [0.29, 0.717) is 25.0 Å². The molecule has 2 aromatic carbocycles. The summed E-state index contributed by atoms with van der Waals surface area (Å²) in [6.45, 7) is 4.58. The molecule has 0 saturated carbocycles. The summed E-state index contributed by atoms with van der Waals surface area (Å²) in [5, 5.41) is 11.9. The minimum Gasteiger partial charge on any atom is -0.512 e. The Labute approximate surface area is 206 Å². The predicted octanol–water partition coefficient (Wildman–Crippen LogP) is 6.96. The number of carbonyl (C=O) groups excluding carboxylic acids is 1. The SMILES string of the molecule is CCc1cc(OCc2ccccc2)ccc1C1=C(O)CC(CCSc2ccc(C)cn2)CC1=O. The number of aromatic nitrogens is 1. The van der Waals surface area contributed by atoms with Gasteiger partial charge in [-0.15, -0.1) is 11.8 Å². The Balaban J connectivity index is 1.41. The molecule has 5 heteroatoms. The number of thioether (sulfide) groups is 1. The number of nitrogens with zero attached hydrogens (tertiary/aromatic N) is 1. The van der Waals surface area contributed by atoms with Crippen LogP contribution in [0.1, 0.15) is 48.4 Å². The van der Waals surface area contributed by atoms with Crippen LogP contribution >= 0.6 is 11.8 Å². The van der Waals surface area contributed by atoms with E-state index in [-0.39, 0.29) is 17.5 Å². The summed E-state index contributed by atoms with van der Waals surface area (Å²) in [7, 11) is 0. The maximum atomic E-state index is 13.1. The fourth-order valence-electron chi connectivity index (χ4n) is 4.29. The maximum absolute atomic E-state index is 13.1. The summed E-state index contributed by atoms with van der Waals surface area (Å²) in [5.41, 5.74) is 4.58. The van der Waals surface area contributed by atoms with Gasteiger partial charge in [-0.25, -0.2) is 4.98 Å². The van der Waals surface area contributed by atoms with Gasteiger partial charge in [0.05, 0.1) is 10.6 Å². The highest BCUT2D eigenvalue weighted by molar-refractivity contribution is 7.99. The van der Waals surface area contributed by atoms with Crippen molar-refractivity contribution in [2.24, 2.45) is 5.92 Å². The quantitative estimate of drug-likeness (QED) is 0.340. The zero-order valence-corrected chi connectivity index (χ0v) is 20.6.